The molecule has 0 fully saturated rings. The third-order valence-electron chi connectivity index (χ3n) is 0. The average molecular weight is 166 g/mol. The van der Waals surface area contributed by atoms with Gasteiger partial charge < -0.3 is 24.8 Å². The molecule has 3 heteroatoms. The van der Waals surface area contributed by atoms with Crippen LogP contribution < -0.4 is 24.8 Å². The van der Waals surface area contributed by atoms with Crippen molar-refractivity contribution in [2.75, 3.05) is 0 Å². The monoisotopic (exact) mass is 164 g/mol. The summed E-state index contributed by atoms with van der Waals surface area (Å²) in [6.07, 6.45) is 0. The molecule has 0 aliphatic carbocycles. The van der Waals surface area contributed by atoms with Gasteiger partial charge in [0, 0.05) is 0 Å². The zero-order chi connectivity index (χ0) is 2.71. The van der Waals surface area contributed by atoms with Gasteiger partial charge in [-0.05, 0) is 0 Å². The first-order valence-electron chi connectivity index (χ1n) is 1.41. The Hall–Kier alpha value is 1.20. The Morgan fingerprint density at radius 3 is 1.00 bits per heavy atom. The standard InChI is InChI=1S/2CH3.2ClH.Zn/h2*1H3;2*1H;/q;;;;+2/p-2. The van der Waals surface area contributed by atoms with Crippen LogP contribution in [0.5, 0.6) is 0 Å². The molecule has 0 N–H and O–H groups in total. The molecule has 0 nitrogen and oxygen atoms in total. The van der Waals surface area contributed by atoms with Crippen LogP contribution in [0.3, 0.4) is 0 Å². The second-order valence-corrected chi connectivity index (χ2v) is 3.67. The minimum absolute atomic E-state index is 0. The van der Waals surface area contributed by atoms with Gasteiger partial charge in [0.1, 0.15) is 0 Å². The van der Waals surface area contributed by atoms with E-state index >= 15 is 0 Å². The van der Waals surface area contributed by atoms with E-state index in [1.54, 1.807) is 0 Å². The Morgan fingerprint density at radius 1 is 1.00 bits per heavy atom. The molecule has 0 bridgehead atoms. The third kappa shape index (κ3) is 36.9. The molecule has 0 heterocycles. The Balaban J connectivity index is -0.0000000200. The minimum atomic E-state index is 0. The van der Waals surface area contributed by atoms with Crippen LogP contribution in [0.2, 0.25) is 11.0 Å². The van der Waals surface area contributed by atoms with Crippen LogP contribution in [0, 0.1) is 0 Å². The number of halogens is 2. The van der Waals surface area contributed by atoms with Gasteiger partial charge >= 0.3 is 28.2 Å². The summed E-state index contributed by atoms with van der Waals surface area (Å²) in [6.45, 7) is 0. The normalized spacial score (nSPS) is 4.40. The molecule has 0 aromatic rings. The van der Waals surface area contributed by atoms with Gasteiger partial charge in [0.05, 0.1) is 0 Å². The molecule has 0 radical (unpaired) electrons. The second-order valence-electron chi connectivity index (χ2n) is 0.707. The number of rotatable bonds is 0. The van der Waals surface area contributed by atoms with Crippen molar-refractivity contribution in [1.82, 2.24) is 0 Å². The summed E-state index contributed by atoms with van der Waals surface area (Å²) in [4.78, 5) is 0. The van der Waals surface area contributed by atoms with Gasteiger partial charge in [-0.1, -0.05) is 0 Å². The van der Waals surface area contributed by atoms with Gasteiger partial charge in [-0.2, -0.15) is 0 Å². The van der Waals surface area contributed by atoms with E-state index in [4.69, 9.17) is 0 Å². The van der Waals surface area contributed by atoms with Gasteiger partial charge in [0.2, 0.25) is 0 Å². The van der Waals surface area contributed by atoms with E-state index in [0.29, 0.717) is 0 Å². The van der Waals surface area contributed by atoms with Crippen LogP contribution in [0.1, 0.15) is 0 Å². The van der Waals surface area contributed by atoms with Crippen LogP contribution in [0.15, 0.2) is 0 Å². The molecular weight excluding hydrogens is 160 g/mol. The number of hydrogen-bond acceptors (Lipinski definition) is 0. The van der Waals surface area contributed by atoms with Crippen molar-refractivity contribution < 1.29 is 41.9 Å². The molecule has 30 valence electrons. The van der Waals surface area contributed by atoms with Crippen molar-refractivity contribution in [1.29, 1.82) is 0 Å². The average Bonchev–Trinajstić information content (AvgIpc) is 0.918. The molecule has 0 amide bonds. The fraction of sp³-hybridized carbons (Fsp3) is 1.00. The molecule has 0 atom stereocenters. The molecule has 0 aromatic heterocycles. The molecule has 0 unspecified atom stereocenters. The van der Waals surface area contributed by atoms with Crippen LogP contribution in [0.4, 0.5) is 0 Å². The first-order valence-corrected chi connectivity index (χ1v) is 7.35. The molecule has 5 heavy (non-hydrogen) atoms. The molecule has 0 rings (SSSR count). The molecule has 0 saturated heterocycles. The molecule has 0 aromatic carbocycles. The van der Waals surface area contributed by atoms with E-state index in [1.807, 2.05) is 0 Å². The van der Waals surface area contributed by atoms with Gasteiger partial charge in [0.15, 0.2) is 0 Å². The molecule has 0 spiro atoms. The van der Waals surface area contributed by atoms with Gasteiger partial charge in [-0.25, -0.2) is 0 Å². The Labute approximate surface area is 53.1 Å². The SMILES string of the molecule is [CH3][Zn+2][CH3].[Cl-].[Cl-]. The van der Waals surface area contributed by atoms with Crippen LogP contribution >= 0.6 is 0 Å². The third-order valence-corrected chi connectivity index (χ3v) is 0. The smallest absolute Gasteiger partial charge is 1.00 e. The second kappa shape index (κ2) is 18.9. The van der Waals surface area contributed by atoms with E-state index in [0.717, 1.165) is 0 Å². The fourth-order valence-electron chi connectivity index (χ4n) is 0. The maximum Gasteiger partial charge on any atom is -1.00 e. The van der Waals surface area contributed by atoms with Crippen LogP contribution in [-0.2, 0) is 17.1 Å². The summed E-state index contributed by atoms with van der Waals surface area (Å²) in [5.74, 6) is 0. The first-order chi connectivity index (χ1) is 1.41. The molecule has 0 aliphatic heterocycles. The predicted octanol–water partition coefficient (Wildman–Crippen LogP) is -4.83. The largest absolute Gasteiger partial charge is 1.00 e. The van der Waals surface area contributed by atoms with E-state index in [-0.39, 0.29) is 41.9 Å². The molecular formula is C2H6Cl2Zn. The fourth-order valence-corrected chi connectivity index (χ4v) is 0. The summed E-state index contributed by atoms with van der Waals surface area (Å²) in [5.41, 5.74) is 4.62. The minimum Gasteiger partial charge on any atom is -1.00 e. The zero-order valence-electron chi connectivity index (χ0n) is 3.46. The molecule has 0 aliphatic rings. The summed E-state index contributed by atoms with van der Waals surface area (Å²) in [5, 5.41) is 0. The quantitative estimate of drug-likeness (QED) is 0.317. The zero-order valence-corrected chi connectivity index (χ0v) is 7.94. The Kier molecular flexibility index (Phi) is 62.0. The maximum absolute atomic E-state index is 2.31. The summed E-state index contributed by atoms with van der Waals surface area (Å²) in [7, 11) is 0. The summed E-state index contributed by atoms with van der Waals surface area (Å²) >= 11 is 0.125. The van der Waals surface area contributed by atoms with Gasteiger partial charge in [0.25, 0.3) is 0 Å². The Morgan fingerprint density at radius 2 is 1.00 bits per heavy atom. The van der Waals surface area contributed by atoms with E-state index in [9.17, 15) is 0 Å². The summed E-state index contributed by atoms with van der Waals surface area (Å²) < 4.78 is 0. The number of hydrogen-bond donors (Lipinski definition) is 0. The molecule has 0 saturated carbocycles. The first kappa shape index (κ1) is 16.4. The van der Waals surface area contributed by atoms with Crippen molar-refractivity contribution in [3.8, 4) is 0 Å². The van der Waals surface area contributed by atoms with Crippen molar-refractivity contribution in [2.45, 2.75) is 11.0 Å². The maximum atomic E-state index is 2.31. The van der Waals surface area contributed by atoms with E-state index in [1.165, 1.54) is 0 Å². The van der Waals surface area contributed by atoms with Crippen LogP contribution in [-0.4, -0.2) is 0 Å². The topological polar surface area (TPSA) is 0 Å². The van der Waals surface area contributed by atoms with Crippen LogP contribution in [0.25, 0.3) is 0 Å². The van der Waals surface area contributed by atoms with E-state index < -0.39 is 0 Å². The van der Waals surface area contributed by atoms with Gasteiger partial charge in [-0.3, -0.25) is 0 Å². The predicted molar refractivity (Wildman–Crippen MR) is 11.7 cm³/mol. The van der Waals surface area contributed by atoms with E-state index in [2.05, 4.69) is 11.0 Å². The van der Waals surface area contributed by atoms with Crippen molar-refractivity contribution in [3.05, 3.63) is 0 Å². The van der Waals surface area contributed by atoms with Crippen molar-refractivity contribution in [2.24, 2.45) is 0 Å². The van der Waals surface area contributed by atoms with Crippen molar-refractivity contribution >= 4 is 0 Å². The summed E-state index contributed by atoms with van der Waals surface area (Å²) in [6, 6.07) is 0. The van der Waals surface area contributed by atoms with Crippen molar-refractivity contribution in [3.63, 3.8) is 0 Å². The Bertz CT molecular complexity index is 7.61. The van der Waals surface area contributed by atoms with Gasteiger partial charge in [-0.15, -0.1) is 0 Å².